The van der Waals surface area contributed by atoms with Gasteiger partial charge in [0.25, 0.3) is 0 Å². The molecule has 0 radical (unpaired) electrons. The van der Waals surface area contributed by atoms with Crippen molar-refractivity contribution in [3.8, 4) is 0 Å². The van der Waals surface area contributed by atoms with Crippen LogP contribution in [0.1, 0.15) is 25.3 Å². The van der Waals surface area contributed by atoms with Crippen molar-refractivity contribution in [2.24, 2.45) is 5.92 Å². The third-order valence-corrected chi connectivity index (χ3v) is 5.48. The van der Waals surface area contributed by atoms with Gasteiger partial charge in [-0.25, -0.2) is 8.42 Å². The van der Waals surface area contributed by atoms with Crippen LogP contribution in [0.15, 0.2) is 0 Å². The highest BCUT2D eigenvalue weighted by Crippen LogP contribution is 2.21. The zero-order valence-corrected chi connectivity index (χ0v) is 12.1. The highest BCUT2D eigenvalue weighted by molar-refractivity contribution is 7.93. The predicted molar refractivity (Wildman–Crippen MR) is 72.3 cm³/mol. The van der Waals surface area contributed by atoms with Crippen LogP contribution < -0.4 is 10.0 Å². The second-order valence-electron chi connectivity index (χ2n) is 4.86. The van der Waals surface area contributed by atoms with Crippen molar-refractivity contribution in [1.29, 1.82) is 0 Å². The zero-order valence-electron chi connectivity index (χ0n) is 10.5. The number of sulfonamides is 1. The Labute approximate surface area is 111 Å². The summed E-state index contributed by atoms with van der Waals surface area (Å²) in [5.41, 5.74) is 0. The van der Waals surface area contributed by atoms with Gasteiger partial charge in [0.2, 0.25) is 15.2 Å². The van der Waals surface area contributed by atoms with E-state index >= 15 is 0 Å². The second-order valence-corrected chi connectivity index (χ2v) is 7.88. The van der Waals surface area contributed by atoms with Crippen LogP contribution in [0.4, 0.5) is 5.13 Å². The number of rotatable bonds is 5. The van der Waals surface area contributed by atoms with Crippen LogP contribution >= 0.6 is 11.3 Å². The van der Waals surface area contributed by atoms with Gasteiger partial charge < -0.3 is 5.32 Å². The Hall–Kier alpha value is -0.730. The minimum atomic E-state index is -3.33. The quantitative estimate of drug-likeness (QED) is 0.839. The standard InChI is InChI=1S/C10H18N4O2S2/c1-7(2)5-9-12-13-10(17-9)14-18(15,16)8-3-4-11-6-8/h7-8,11H,3-6H2,1-2H3,(H,13,14). The van der Waals surface area contributed by atoms with Gasteiger partial charge in [0.05, 0.1) is 5.25 Å². The van der Waals surface area contributed by atoms with Gasteiger partial charge in [0.15, 0.2) is 0 Å². The van der Waals surface area contributed by atoms with E-state index in [1.807, 2.05) is 0 Å². The molecule has 1 aliphatic heterocycles. The maximum atomic E-state index is 12.0. The maximum Gasteiger partial charge on any atom is 0.238 e. The number of hydrogen-bond donors (Lipinski definition) is 2. The monoisotopic (exact) mass is 290 g/mol. The summed E-state index contributed by atoms with van der Waals surface area (Å²) in [5, 5.41) is 11.8. The molecule has 18 heavy (non-hydrogen) atoms. The molecule has 2 rings (SSSR count). The Balaban J connectivity index is 2.02. The molecule has 1 atom stereocenters. The van der Waals surface area contributed by atoms with Crippen LogP contribution in [-0.4, -0.2) is 37.0 Å². The van der Waals surface area contributed by atoms with Crippen LogP contribution in [0.2, 0.25) is 0 Å². The maximum absolute atomic E-state index is 12.0. The summed E-state index contributed by atoms with van der Waals surface area (Å²) in [6.45, 7) is 5.44. The molecule has 1 fully saturated rings. The zero-order chi connectivity index (χ0) is 13.2. The first-order valence-electron chi connectivity index (χ1n) is 6.02. The third kappa shape index (κ3) is 3.39. The molecule has 1 aromatic rings. The van der Waals surface area contributed by atoms with Gasteiger partial charge in [-0.15, -0.1) is 10.2 Å². The minimum absolute atomic E-state index is 0.366. The molecule has 1 aromatic heterocycles. The Morgan fingerprint density at radius 1 is 1.50 bits per heavy atom. The molecule has 0 aromatic carbocycles. The van der Waals surface area contributed by atoms with Crippen LogP contribution in [-0.2, 0) is 16.4 Å². The number of nitrogens with one attached hydrogen (secondary N) is 2. The highest BCUT2D eigenvalue weighted by atomic mass is 32.2. The van der Waals surface area contributed by atoms with Gasteiger partial charge in [-0.1, -0.05) is 25.2 Å². The first-order chi connectivity index (χ1) is 8.47. The average molecular weight is 290 g/mol. The third-order valence-electron chi connectivity index (χ3n) is 2.73. The molecular weight excluding hydrogens is 272 g/mol. The van der Waals surface area contributed by atoms with Crippen molar-refractivity contribution in [1.82, 2.24) is 15.5 Å². The molecule has 6 nitrogen and oxygen atoms in total. The molecule has 102 valence electrons. The summed E-state index contributed by atoms with van der Waals surface area (Å²) in [6.07, 6.45) is 1.47. The number of aromatic nitrogens is 2. The summed E-state index contributed by atoms with van der Waals surface area (Å²) < 4.78 is 26.6. The fraction of sp³-hybridized carbons (Fsp3) is 0.800. The van der Waals surface area contributed by atoms with E-state index in [4.69, 9.17) is 0 Å². The van der Waals surface area contributed by atoms with E-state index in [-0.39, 0.29) is 5.25 Å². The van der Waals surface area contributed by atoms with Crippen molar-refractivity contribution < 1.29 is 8.42 Å². The van der Waals surface area contributed by atoms with Gasteiger partial charge in [0.1, 0.15) is 5.01 Å². The number of anilines is 1. The summed E-state index contributed by atoms with van der Waals surface area (Å²) in [5.74, 6) is 0.487. The topological polar surface area (TPSA) is 84.0 Å². The molecule has 8 heteroatoms. The minimum Gasteiger partial charge on any atom is -0.315 e. The summed E-state index contributed by atoms with van der Waals surface area (Å²) in [4.78, 5) is 0. The smallest absolute Gasteiger partial charge is 0.238 e. The van der Waals surface area contributed by atoms with Crippen LogP contribution in [0.25, 0.3) is 0 Å². The summed E-state index contributed by atoms with van der Waals surface area (Å²) in [7, 11) is -3.33. The van der Waals surface area contributed by atoms with E-state index in [0.29, 0.717) is 24.0 Å². The number of hydrogen-bond acceptors (Lipinski definition) is 6. The normalized spacial score (nSPS) is 20.5. The molecule has 1 unspecified atom stereocenters. The molecule has 1 aliphatic rings. The van der Waals surface area contributed by atoms with E-state index in [9.17, 15) is 8.42 Å². The fourth-order valence-electron chi connectivity index (χ4n) is 1.82. The van der Waals surface area contributed by atoms with E-state index in [0.717, 1.165) is 18.0 Å². The lowest BCUT2D eigenvalue weighted by molar-refractivity contribution is 0.588. The molecule has 1 saturated heterocycles. The highest BCUT2D eigenvalue weighted by Gasteiger charge is 2.29. The molecule has 0 amide bonds. The van der Waals surface area contributed by atoms with Crippen LogP contribution in [0.5, 0.6) is 0 Å². The lowest BCUT2D eigenvalue weighted by Gasteiger charge is -2.09. The Kier molecular flexibility index (Phi) is 4.18. The molecule has 0 spiro atoms. The van der Waals surface area contributed by atoms with Gasteiger partial charge in [-0.3, -0.25) is 4.72 Å². The molecule has 0 bridgehead atoms. The van der Waals surface area contributed by atoms with Crippen molar-refractivity contribution in [2.75, 3.05) is 17.8 Å². The van der Waals surface area contributed by atoms with Gasteiger partial charge in [0, 0.05) is 13.0 Å². The Morgan fingerprint density at radius 2 is 2.28 bits per heavy atom. The van der Waals surface area contributed by atoms with Crippen molar-refractivity contribution >= 4 is 26.5 Å². The second kappa shape index (κ2) is 5.50. The first kappa shape index (κ1) is 13.7. The van der Waals surface area contributed by atoms with E-state index in [1.54, 1.807) is 0 Å². The van der Waals surface area contributed by atoms with Gasteiger partial charge in [-0.2, -0.15) is 0 Å². The SMILES string of the molecule is CC(C)Cc1nnc(NS(=O)(=O)C2CCNC2)s1. The number of nitrogens with zero attached hydrogens (tertiary/aromatic N) is 2. The van der Waals surface area contributed by atoms with Crippen molar-refractivity contribution in [2.45, 2.75) is 31.9 Å². The van der Waals surface area contributed by atoms with Crippen LogP contribution in [0, 0.1) is 5.92 Å². The van der Waals surface area contributed by atoms with E-state index < -0.39 is 10.0 Å². The lowest BCUT2D eigenvalue weighted by Crippen LogP contribution is -2.29. The van der Waals surface area contributed by atoms with Crippen molar-refractivity contribution in [3.63, 3.8) is 0 Å². The summed E-state index contributed by atoms with van der Waals surface area (Å²) in [6, 6.07) is 0. The molecule has 0 saturated carbocycles. The molecule has 0 aliphatic carbocycles. The predicted octanol–water partition coefficient (Wildman–Crippen LogP) is 0.840. The van der Waals surface area contributed by atoms with Gasteiger partial charge in [-0.05, 0) is 18.9 Å². The molecule has 2 heterocycles. The van der Waals surface area contributed by atoms with Crippen LogP contribution in [0.3, 0.4) is 0 Å². The van der Waals surface area contributed by atoms with Gasteiger partial charge >= 0.3 is 0 Å². The molecular formula is C10H18N4O2S2. The van der Waals surface area contributed by atoms with Crippen molar-refractivity contribution in [3.05, 3.63) is 5.01 Å². The largest absolute Gasteiger partial charge is 0.315 e. The van der Waals surface area contributed by atoms with E-state index in [1.165, 1.54) is 11.3 Å². The van der Waals surface area contributed by atoms with E-state index in [2.05, 4.69) is 34.1 Å². The Bertz CT molecular complexity index is 492. The Morgan fingerprint density at radius 3 is 2.89 bits per heavy atom. The summed E-state index contributed by atoms with van der Waals surface area (Å²) >= 11 is 1.31. The average Bonchev–Trinajstić information content (AvgIpc) is 2.87. The fourth-order valence-corrected chi connectivity index (χ4v) is 4.36. The molecule has 2 N–H and O–H groups in total. The lowest BCUT2D eigenvalue weighted by atomic mass is 10.1. The first-order valence-corrected chi connectivity index (χ1v) is 8.38.